The van der Waals surface area contributed by atoms with E-state index in [1.54, 1.807) is 18.3 Å². The first-order valence-corrected chi connectivity index (χ1v) is 4.67. The molecule has 0 atom stereocenters. The molecule has 7 heteroatoms. The number of hydrogen-bond donors (Lipinski definition) is 1. The summed E-state index contributed by atoms with van der Waals surface area (Å²) in [5.41, 5.74) is 5.43. The number of primary amides is 1. The fraction of sp³-hybridized carbons (Fsp3) is 0.100. The largest absolute Gasteiger partial charge is 0.364 e. The molecule has 0 unspecified atom stereocenters. The van der Waals surface area contributed by atoms with E-state index in [1.807, 2.05) is 0 Å². The zero-order chi connectivity index (χ0) is 12.4. The molecular weight excluding hydrogens is 230 g/mol. The number of hydrogen-bond acceptors (Lipinski definition) is 3. The quantitative estimate of drug-likeness (QED) is 0.879. The zero-order valence-electron chi connectivity index (χ0n) is 8.55. The van der Waals surface area contributed by atoms with Gasteiger partial charge in [0, 0.05) is 18.0 Å². The lowest BCUT2D eigenvalue weighted by Crippen LogP contribution is -2.18. The summed E-state index contributed by atoms with van der Waals surface area (Å²) in [7, 11) is 0. The van der Waals surface area contributed by atoms with Gasteiger partial charge in [-0.25, -0.2) is 0 Å². The molecule has 0 aliphatic rings. The van der Waals surface area contributed by atoms with Crippen molar-refractivity contribution in [2.75, 3.05) is 0 Å². The van der Waals surface area contributed by atoms with Gasteiger partial charge in [0.15, 0.2) is 0 Å². The molecule has 0 bridgehead atoms. The molecular formula is C10H8F2N4O. The monoisotopic (exact) mass is 238 g/mol. The van der Waals surface area contributed by atoms with Crippen molar-refractivity contribution in [2.45, 2.75) is 6.55 Å². The van der Waals surface area contributed by atoms with Gasteiger partial charge in [-0.05, 0) is 18.2 Å². The Balaban J connectivity index is 2.51. The minimum atomic E-state index is -2.91. The van der Waals surface area contributed by atoms with E-state index in [0.29, 0.717) is 10.2 Å². The van der Waals surface area contributed by atoms with Crippen molar-refractivity contribution < 1.29 is 13.6 Å². The van der Waals surface area contributed by atoms with Gasteiger partial charge in [0.1, 0.15) is 5.69 Å². The lowest BCUT2D eigenvalue weighted by Gasteiger charge is -2.01. The molecule has 17 heavy (non-hydrogen) atoms. The van der Waals surface area contributed by atoms with E-state index >= 15 is 0 Å². The molecule has 88 valence electrons. The van der Waals surface area contributed by atoms with E-state index in [0.717, 1.165) is 0 Å². The highest BCUT2D eigenvalue weighted by Gasteiger charge is 2.19. The molecule has 2 heterocycles. The Hall–Kier alpha value is -2.31. The van der Waals surface area contributed by atoms with Crippen molar-refractivity contribution in [3.63, 3.8) is 0 Å². The molecule has 0 aliphatic carbocycles. The average molecular weight is 238 g/mol. The summed E-state index contributed by atoms with van der Waals surface area (Å²) in [6.07, 6.45) is 3.01. The SMILES string of the molecule is NC(=O)c1cc(-c2cccnc2)nn1C(F)F. The summed E-state index contributed by atoms with van der Waals surface area (Å²) in [6, 6.07) is 4.50. The Morgan fingerprint density at radius 1 is 1.47 bits per heavy atom. The second-order valence-corrected chi connectivity index (χ2v) is 3.24. The van der Waals surface area contributed by atoms with Gasteiger partial charge in [-0.3, -0.25) is 9.78 Å². The first kappa shape index (κ1) is 11.2. The van der Waals surface area contributed by atoms with Gasteiger partial charge in [-0.2, -0.15) is 18.6 Å². The summed E-state index contributed by atoms with van der Waals surface area (Å²) < 4.78 is 25.5. The maximum Gasteiger partial charge on any atom is 0.333 e. The minimum absolute atomic E-state index is 0.229. The number of halogens is 2. The van der Waals surface area contributed by atoms with Gasteiger partial charge in [-0.1, -0.05) is 0 Å². The second-order valence-electron chi connectivity index (χ2n) is 3.24. The number of pyridine rings is 1. The maximum absolute atomic E-state index is 12.6. The van der Waals surface area contributed by atoms with Gasteiger partial charge >= 0.3 is 6.55 Å². The van der Waals surface area contributed by atoms with E-state index in [2.05, 4.69) is 10.1 Å². The molecule has 2 aromatic rings. The molecule has 0 radical (unpaired) electrons. The molecule has 2 rings (SSSR count). The fourth-order valence-electron chi connectivity index (χ4n) is 1.38. The Kier molecular flexibility index (Phi) is 2.82. The Bertz CT molecular complexity index is 538. The Labute approximate surface area is 94.9 Å². The van der Waals surface area contributed by atoms with Crippen LogP contribution in [-0.2, 0) is 0 Å². The van der Waals surface area contributed by atoms with Crippen molar-refractivity contribution in [3.05, 3.63) is 36.3 Å². The fourth-order valence-corrected chi connectivity index (χ4v) is 1.38. The van der Waals surface area contributed by atoms with Crippen LogP contribution >= 0.6 is 0 Å². The summed E-state index contributed by atoms with van der Waals surface area (Å²) >= 11 is 0. The molecule has 1 amide bonds. The van der Waals surface area contributed by atoms with Crippen molar-refractivity contribution in [3.8, 4) is 11.3 Å². The zero-order valence-corrected chi connectivity index (χ0v) is 8.55. The minimum Gasteiger partial charge on any atom is -0.364 e. The number of nitrogens with zero attached hydrogens (tertiary/aromatic N) is 3. The molecule has 2 aromatic heterocycles. The molecule has 0 aliphatic heterocycles. The van der Waals surface area contributed by atoms with Crippen molar-refractivity contribution in [1.29, 1.82) is 0 Å². The Morgan fingerprint density at radius 3 is 2.71 bits per heavy atom. The van der Waals surface area contributed by atoms with E-state index in [-0.39, 0.29) is 11.4 Å². The van der Waals surface area contributed by atoms with Crippen LogP contribution in [0.4, 0.5) is 8.78 Å². The predicted molar refractivity (Wildman–Crippen MR) is 55.2 cm³/mol. The van der Waals surface area contributed by atoms with Crippen LogP contribution in [0.15, 0.2) is 30.6 Å². The third-order valence-electron chi connectivity index (χ3n) is 2.13. The van der Waals surface area contributed by atoms with Crippen LogP contribution in [0.2, 0.25) is 0 Å². The number of nitrogens with two attached hydrogens (primary N) is 1. The number of alkyl halides is 2. The molecule has 0 fully saturated rings. The second kappa shape index (κ2) is 4.28. The number of carbonyl (C=O) groups is 1. The first-order valence-electron chi connectivity index (χ1n) is 4.67. The van der Waals surface area contributed by atoms with Crippen molar-refractivity contribution >= 4 is 5.91 Å². The van der Waals surface area contributed by atoms with Crippen LogP contribution in [0.5, 0.6) is 0 Å². The van der Waals surface area contributed by atoms with Gasteiger partial charge in [0.05, 0.1) is 5.69 Å². The number of carbonyl (C=O) groups excluding carboxylic acids is 1. The third-order valence-corrected chi connectivity index (χ3v) is 2.13. The van der Waals surface area contributed by atoms with E-state index in [4.69, 9.17) is 5.73 Å². The van der Waals surface area contributed by atoms with Gasteiger partial charge < -0.3 is 5.73 Å². The smallest absolute Gasteiger partial charge is 0.333 e. The van der Waals surface area contributed by atoms with Gasteiger partial charge in [-0.15, -0.1) is 0 Å². The van der Waals surface area contributed by atoms with Crippen molar-refractivity contribution in [1.82, 2.24) is 14.8 Å². The normalized spacial score (nSPS) is 10.8. The Morgan fingerprint density at radius 2 is 2.24 bits per heavy atom. The van der Waals surface area contributed by atoms with E-state index in [1.165, 1.54) is 12.3 Å². The molecule has 0 saturated carbocycles. The highest BCUT2D eigenvalue weighted by molar-refractivity contribution is 5.92. The standard InChI is InChI=1S/C10H8F2N4O/c11-10(12)16-8(9(13)17)4-7(15-16)6-2-1-3-14-5-6/h1-5,10H,(H2,13,17). The van der Waals surface area contributed by atoms with E-state index < -0.39 is 12.5 Å². The summed E-state index contributed by atoms with van der Waals surface area (Å²) in [4.78, 5) is 14.8. The number of rotatable bonds is 3. The lowest BCUT2D eigenvalue weighted by atomic mass is 10.2. The van der Waals surface area contributed by atoms with Crippen molar-refractivity contribution in [2.24, 2.45) is 5.73 Å². The summed E-state index contributed by atoms with van der Waals surface area (Å²) in [5, 5.41) is 3.63. The number of aromatic nitrogens is 3. The van der Waals surface area contributed by atoms with Crippen LogP contribution in [-0.4, -0.2) is 20.7 Å². The first-order chi connectivity index (χ1) is 8.09. The van der Waals surface area contributed by atoms with E-state index in [9.17, 15) is 13.6 Å². The lowest BCUT2D eigenvalue weighted by molar-refractivity contribution is 0.0519. The van der Waals surface area contributed by atoms with Crippen LogP contribution < -0.4 is 5.73 Å². The number of amides is 1. The predicted octanol–water partition coefficient (Wildman–Crippen LogP) is 1.44. The topological polar surface area (TPSA) is 73.8 Å². The van der Waals surface area contributed by atoms with Crippen LogP contribution in [0.25, 0.3) is 11.3 Å². The highest BCUT2D eigenvalue weighted by Crippen LogP contribution is 2.21. The van der Waals surface area contributed by atoms with Crippen LogP contribution in [0.3, 0.4) is 0 Å². The summed E-state index contributed by atoms with van der Waals surface area (Å²) in [5.74, 6) is -0.951. The van der Waals surface area contributed by atoms with Gasteiger partial charge in [0.2, 0.25) is 0 Å². The average Bonchev–Trinajstić information content (AvgIpc) is 2.75. The van der Waals surface area contributed by atoms with Crippen LogP contribution in [0, 0.1) is 0 Å². The highest BCUT2D eigenvalue weighted by atomic mass is 19.3. The molecule has 0 saturated heterocycles. The van der Waals surface area contributed by atoms with Crippen LogP contribution in [0.1, 0.15) is 17.0 Å². The molecule has 5 nitrogen and oxygen atoms in total. The maximum atomic E-state index is 12.6. The summed E-state index contributed by atoms with van der Waals surface area (Å²) in [6.45, 7) is -2.91. The molecule has 0 aromatic carbocycles. The molecule has 2 N–H and O–H groups in total. The molecule has 0 spiro atoms. The third kappa shape index (κ3) is 2.12. The van der Waals surface area contributed by atoms with Gasteiger partial charge in [0.25, 0.3) is 5.91 Å².